The lowest BCUT2D eigenvalue weighted by Crippen LogP contribution is -2.45. The number of aliphatic hydroxyl groups is 1. The second kappa shape index (κ2) is 5.18. The summed E-state index contributed by atoms with van der Waals surface area (Å²) in [6.45, 7) is 11.3. The van der Waals surface area contributed by atoms with E-state index < -0.39 is 20.5 Å². The van der Waals surface area contributed by atoms with Gasteiger partial charge in [0.15, 0.2) is 8.32 Å². The highest BCUT2D eigenvalue weighted by Gasteiger charge is 2.40. The molecule has 6 heteroatoms. The highest BCUT2D eigenvalue weighted by Crippen LogP contribution is 2.37. The van der Waals surface area contributed by atoms with E-state index in [1.54, 1.807) is 0 Å². The van der Waals surface area contributed by atoms with Crippen molar-refractivity contribution in [3.63, 3.8) is 0 Å². The predicted octanol–water partition coefficient (Wildman–Crippen LogP) is 2.12. The molecule has 0 unspecified atom stereocenters. The second-order valence-corrected chi connectivity index (χ2v) is 11.4. The first kappa shape index (κ1) is 15.5. The maximum Gasteiger partial charge on any atom is 0.407 e. The topological polar surface area (TPSA) is 70.0 Å². The van der Waals surface area contributed by atoms with E-state index in [0.29, 0.717) is 13.0 Å². The molecule has 1 aliphatic rings. The van der Waals surface area contributed by atoms with Gasteiger partial charge in [0.25, 0.3) is 0 Å². The maximum atomic E-state index is 11.0. The summed E-state index contributed by atoms with van der Waals surface area (Å²) in [7, 11) is -1.86. The number of rotatable bonds is 3. The Morgan fingerprint density at radius 2 is 2.00 bits per heavy atom. The van der Waals surface area contributed by atoms with Gasteiger partial charge in [-0.3, -0.25) is 0 Å². The minimum atomic E-state index is -1.86. The Morgan fingerprint density at radius 3 is 2.44 bits per heavy atom. The van der Waals surface area contributed by atoms with Crippen LogP contribution in [-0.4, -0.2) is 54.8 Å². The van der Waals surface area contributed by atoms with Gasteiger partial charge in [0.1, 0.15) is 0 Å². The van der Waals surface area contributed by atoms with Crippen molar-refractivity contribution >= 4 is 14.4 Å². The lowest BCUT2D eigenvalue weighted by molar-refractivity contribution is 0.117. The molecule has 0 spiro atoms. The summed E-state index contributed by atoms with van der Waals surface area (Å²) >= 11 is 0. The maximum absolute atomic E-state index is 11.0. The third-order valence-electron chi connectivity index (χ3n) is 4.08. The van der Waals surface area contributed by atoms with Crippen molar-refractivity contribution in [1.82, 2.24) is 4.90 Å². The normalized spacial score (nSPS) is 25.6. The molecule has 1 heterocycles. The molecular weight excluding hydrogens is 250 g/mol. The van der Waals surface area contributed by atoms with Crippen LogP contribution in [0.1, 0.15) is 27.2 Å². The van der Waals surface area contributed by atoms with Gasteiger partial charge in [-0.15, -0.1) is 0 Å². The van der Waals surface area contributed by atoms with Crippen LogP contribution in [0.4, 0.5) is 4.79 Å². The Balaban J connectivity index is 2.60. The third-order valence-corrected chi connectivity index (χ3v) is 8.58. The van der Waals surface area contributed by atoms with E-state index in [1.807, 2.05) is 0 Å². The van der Waals surface area contributed by atoms with Gasteiger partial charge in [0.05, 0.1) is 25.3 Å². The molecule has 0 saturated carbocycles. The zero-order chi connectivity index (χ0) is 14.1. The van der Waals surface area contributed by atoms with E-state index in [-0.39, 0.29) is 17.6 Å². The summed E-state index contributed by atoms with van der Waals surface area (Å²) in [6, 6.07) is -0.216. The number of nitrogens with zero attached hydrogens (tertiary/aromatic N) is 1. The molecule has 1 amide bonds. The van der Waals surface area contributed by atoms with Crippen LogP contribution >= 0.6 is 0 Å². The van der Waals surface area contributed by atoms with Gasteiger partial charge in [-0.2, -0.15) is 0 Å². The summed E-state index contributed by atoms with van der Waals surface area (Å²) < 4.78 is 6.03. The Labute approximate surface area is 110 Å². The molecule has 0 aliphatic carbocycles. The summed E-state index contributed by atoms with van der Waals surface area (Å²) in [5.41, 5.74) is 0. The molecular formula is C12H25NO4Si. The first-order valence-electron chi connectivity index (χ1n) is 6.36. The van der Waals surface area contributed by atoms with Crippen molar-refractivity contribution in [1.29, 1.82) is 0 Å². The largest absolute Gasteiger partial charge is 0.465 e. The predicted molar refractivity (Wildman–Crippen MR) is 72.3 cm³/mol. The molecule has 1 saturated heterocycles. The number of likely N-dealkylation sites (tertiary alicyclic amines) is 1. The van der Waals surface area contributed by atoms with Gasteiger partial charge < -0.3 is 19.5 Å². The minimum absolute atomic E-state index is 0.109. The van der Waals surface area contributed by atoms with Crippen molar-refractivity contribution in [2.24, 2.45) is 0 Å². The fourth-order valence-electron chi connectivity index (χ4n) is 1.81. The van der Waals surface area contributed by atoms with Crippen LogP contribution < -0.4 is 0 Å². The van der Waals surface area contributed by atoms with Crippen LogP contribution in [0.15, 0.2) is 0 Å². The van der Waals surface area contributed by atoms with Gasteiger partial charge in [0, 0.05) is 0 Å². The molecule has 2 atom stereocenters. The van der Waals surface area contributed by atoms with E-state index in [0.717, 1.165) is 0 Å². The molecule has 5 nitrogen and oxygen atoms in total. The fraction of sp³-hybridized carbons (Fsp3) is 0.917. The van der Waals surface area contributed by atoms with Crippen molar-refractivity contribution < 1.29 is 19.4 Å². The smallest absolute Gasteiger partial charge is 0.407 e. The second-order valence-electron chi connectivity index (χ2n) is 6.55. The Hall–Kier alpha value is -0.593. The standard InChI is InChI=1S/C12H25NO4Si/c1-12(2,3)18(4,5)17-8-9-6-10(14)7-13(9)11(15)16/h9-10,14H,6-8H2,1-5H3,(H,15,16)/t9-,10-/m1/s1. The highest BCUT2D eigenvalue weighted by molar-refractivity contribution is 6.74. The average molecular weight is 275 g/mol. The van der Waals surface area contributed by atoms with Crippen molar-refractivity contribution in [2.75, 3.05) is 13.2 Å². The van der Waals surface area contributed by atoms with Gasteiger partial charge in [-0.05, 0) is 24.6 Å². The third kappa shape index (κ3) is 3.46. The molecule has 18 heavy (non-hydrogen) atoms. The van der Waals surface area contributed by atoms with Crippen LogP contribution in [-0.2, 0) is 4.43 Å². The molecule has 1 rings (SSSR count). The van der Waals surface area contributed by atoms with Crippen LogP contribution in [0.3, 0.4) is 0 Å². The number of hydrogen-bond donors (Lipinski definition) is 2. The fourth-order valence-corrected chi connectivity index (χ4v) is 2.85. The zero-order valence-electron chi connectivity index (χ0n) is 11.9. The van der Waals surface area contributed by atoms with Crippen LogP contribution in [0.2, 0.25) is 18.1 Å². The van der Waals surface area contributed by atoms with E-state index in [4.69, 9.17) is 9.53 Å². The van der Waals surface area contributed by atoms with E-state index in [2.05, 4.69) is 33.9 Å². The van der Waals surface area contributed by atoms with Gasteiger partial charge >= 0.3 is 6.09 Å². The lowest BCUT2D eigenvalue weighted by atomic mass is 10.2. The molecule has 106 valence electrons. The molecule has 2 N–H and O–H groups in total. The van der Waals surface area contributed by atoms with Gasteiger partial charge in [0.2, 0.25) is 0 Å². The lowest BCUT2D eigenvalue weighted by Gasteiger charge is -2.37. The number of carbonyl (C=O) groups is 1. The van der Waals surface area contributed by atoms with Crippen molar-refractivity contribution in [2.45, 2.75) is 57.5 Å². The number of aliphatic hydroxyl groups excluding tert-OH is 1. The summed E-state index contributed by atoms with van der Waals surface area (Å²) in [5.74, 6) is 0. The summed E-state index contributed by atoms with van der Waals surface area (Å²) in [5, 5.41) is 18.7. The zero-order valence-corrected chi connectivity index (χ0v) is 12.9. The number of β-amino-alcohol motifs (C(OH)–C–C–N with tert-alkyl or cyclic N) is 1. The van der Waals surface area contributed by atoms with Gasteiger partial charge in [-0.25, -0.2) is 4.79 Å². The number of carboxylic acid groups (broad SMARTS) is 1. The summed E-state index contributed by atoms with van der Waals surface area (Å²) in [6.07, 6.45) is -1.06. The van der Waals surface area contributed by atoms with E-state index in [1.165, 1.54) is 4.90 Å². The molecule has 1 fully saturated rings. The molecule has 1 aliphatic heterocycles. The first-order valence-corrected chi connectivity index (χ1v) is 9.27. The Morgan fingerprint density at radius 1 is 1.44 bits per heavy atom. The van der Waals surface area contributed by atoms with Crippen molar-refractivity contribution in [3.05, 3.63) is 0 Å². The molecule has 0 aromatic carbocycles. The Kier molecular flexibility index (Phi) is 4.45. The molecule has 0 bridgehead atoms. The van der Waals surface area contributed by atoms with Crippen LogP contribution in [0, 0.1) is 0 Å². The average Bonchev–Trinajstić information content (AvgIpc) is 2.55. The number of amides is 1. The summed E-state index contributed by atoms with van der Waals surface area (Å²) in [4.78, 5) is 12.3. The highest BCUT2D eigenvalue weighted by atomic mass is 28.4. The molecule has 0 aromatic rings. The first-order chi connectivity index (χ1) is 8.04. The van der Waals surface area contributed by atoms with Crippen LogP contribution in [0.5, 0.6) is 0 Å². The molecule has 0 aromatic heterocycles. The SMILES string of the molecule is CC(C)(C)[Si](C)(C)OC[C@H]1C[C@@H](O)CN1C(=O)O. The van der Waals surface area contributed by atoms with Crippen molar-refractivity contribution in [3.8, 4) is 0 Å². The van der Waals surface area contributed by atoms with E-state index in [9.17, 15) is 9.90 Å². The quantitative estimate of drug-likeness (QED) is 0.774. The number of hydrogen-bond acceptors (Lipinski definition) is 3. The minimum Gasteiger partial charge on any atom is -0.465 e. The monoisotopic (exact) mass is 275 g/mol. The molecule has 0 radical (unpaired) electrons. The van der Waals surface area contributed by atoms with E-state index >= 15 is 0 Å². The Bertz CT molecular complexity index is 314. The van der Waals surface area contributed by atoms with Crippen LogP contribution in [0.25, 0.3) is 0 Å². The van der Waals surface area contributed by atoms with Gasteiger partial charge in [-0.1, -0.05) is 20.8 Å².